The first kappa shape index (κ1) is 12.1. The molecular formula is C13H10BrFN4. The number of hydrogen-bond donors (Lipinski definition) is 1. The van der Waals surface area contributed by atoms with Gasteiger partial charge in [0.25, 0.3) is 0 Å². The highest BCUT2D eigenvalue weighted by Crippen LogP contribution is 2.17. The maximum atomic E-state index is 12.8. The molecule has 0 spiro atoms. The number of pyridine rings is 1. The molecule has 3 aromatic rings. The molecule has 0 saturated carbocycles. The molecule has 0 atom stereocenters. The van der Waals surface area contributed by atoms with Crippen molar-refractivity contribution in [1.29, 1.82) is 0 Å². The van der Waals surface area contributed by atoms with Crippen LogP contribution >= 0.6 is 15.9 Å². The summed E-state index contributed by atoms with van der Waals surface area (Å²) in [5.41, 5.74) is 1.73. The SMILES string of the molecule is Fc1ccc(CNc2nc3c(Br)cccn3n2)cc1. The van der Waals surface area contributed by atoms with Gasteiger partial charge in [-0.1, -0.05) is 12.1 Å². The third-order valence-electron chi connectivity index (χ3n) is 2.68. The average molecular weight is 321 g/mol. The van der Waals surface area contributed by atoms with Crippen molar-refractivity contribution in [3.05, 3.63) is 58.4 Å². The van der Waals surface area contributed by atoms with E-state index in [1.165, 1.54) is 12.1 Å². The van der Waals surface area contributed by atoms with Crippen LogP contribution in [0.1, 0.15) is 5.56 Å². The molecule has 0 amide bonds. The van der Waals surface area contributed by atoms with Crippen LogP contribution in [-0.4, -0.2) is 14.6 Å². The molecule has 2 heterocycles. The molecule has 3 rings (SSSR count). The number of aromatic nitrogens is 3. The van der Waals surface area contributed by atoms with Gasteiger partial charge >= 0.3 is 0 Å². The van der Waals surface area contributed by atoms with E-state index in [-0.39, 0.29) is 5.82 Å². The van der Waals surface area contributed by atoms with E-state index in [0.717, 1.165) is 15.7 Å². The molecule has 0 aliphatic heterocycles. The third kappa shape index (κ3) is 2.58. The minimum atomic E-state index is -0.237. The number of nitrogens with one attached hydrogen (secondary N) is 1. The van der Waals surface area contributed by atoms with Gasteiger partial charge in [-0.2, -0.15) is 4.98 Å². The molecule has 6 heteroatoms. The molecule has 2 aromatic heterocycles. The van der Waals surface area contributed by atoms with Crippen LogP contribution in [0.15, 0.2) is 47.1 Å². The van der Waals surface area contributed by atoms with Crippen molar-refractivity contribution in [1.82, 2.24) is 14.6 Å². The Bertz CT molecular complexity index is 708. The lowest BCUT2D eigenvalue weighted by Crippen LogP contribution is -2.01. The number of anilines is 1. The van der Waals surface area contributed by atoms with Crippen LogP contribution in [0.4, 0.5) is 10.3 Å². The van der Waals surface area contributed by atoms with Gasteiger partial charge in [0.1, 0.15) is 5.82 Å². The van der Waals surface area contributed by atoms with Gasteiger partial charge in [0, 0.05) is 12.7 Å². The largest absolute Gasteiger partial charge is 0.349 e. The number of fused-ring (bicyclic) bond motifs is 1. The van der Waals surface area contributed by atoms with Crippen LogP contribution in [-0.2, 0) is 6.54 Å². The highest BCUT2D eigenvalue weighted by atomic mass is 79.9. The van der Waals surface area contributed by atoms with Crippen molar-refractivity contribution in [3.8, 4) is 0 Å². The maximum absolute atomic E-state index is 12.8. The molecular weight excluding hydrogens is 311 g/mol. The second kappa shape index (κ2) is 4.97. The Morgan fingerprint density at radius 2 is 2.00 bits per heavy atom. The summed E-state index contributed by atoms with van der Waals surface area (Å²) < 4.78 is 15.4. The van der Waals surface area contributed by atoms with E-state index >= 15 is 0 Å². The van der Waals surface area contributed by atoms with E-state index < -0.39 is 0 Å². The predicted octanol–water partition coefficient (Wildman–Crippen LogP) is 3.24. The zero-order valence-electron chi connectivity index (χ0n) is 9.85. The molecule has 0 radical (unpaired) electrons. The number of halogens is 2. The maximum Gasteiger partial charge on any atom is 0.243 e. The summed E-state index contributed by atoms with van der Waals surface area (Å²) in [4.78, 5) is 4.36. The van der Waals surface area contributed by atoms with Crippen molar-refractivity contribution in [2.75, 3.05) is 5.32 Å². The molecule has 1 N–H and O–H groups in total. The fourth-order valence-electron chi connectivity index (χ4n) is 1.73. The minimum absolute atomic E-state index is 0.237. The second-order valence-corrected chi connectivity index (χ2v) is 4.89. The molecule has 19 heavy (non-hydrogen) atoms. The van der Waals surface area contributed by atoms with Gasteiger partial charge in [0.05, 0.1) is 4.47 Å². The number of hydrogen-bond acceptors (Lipinski definition) is 3. The Morgan fingerprint density at radius 1 is 1.21 bits per heavy atom. The third-order valence-corrected chi connectivity index (χ3v) is 3.30. The lowest BCUT2D eigenvalue weighted by atomic mass is 10.2. The van der Waals surface area contributed by atoms with Crippen LogP contribution in [0.3, 0.4) is 0 Å². The quantitative estimate of drug-likeness (QED) is 0.805. The highest BCUT2D eigenvalue weighted by Gasteiger charge is 2.05. The first-order valence-electron chi connectivity index (χ1n) is 5.71. The molecule has 4 nitrogen and oxygen atoms in total. The molecule has 0 unspecified atom stereocenters. The first-order chi connectivity index (χ1) is 9.22. The smallest absolute Gasteiger partial charge is 0.243 e. The summed E-state index contributed by atoms with van der Waals surface area (Å²) in [7, 11) is 0. The Labute approximate surface area is 117 Å². The fraction of sp³-hybridized carbons (Fsp3) is 0.0769. The lowest BCUT2D eigenvalue weighted by Gasteiger charge is -2.01. The fourth-order valence-corrected chi connectivity index (χ4v) is 2.15. The minimum Gasteiger partial charge on any atom is -0.349 e. The van der Waals surface area contributed by atoms with Crippen molar-refractivity contribution in [2.24, 2.45) is 0 Å². The molecule has 0 aliphatic carbocycles. The summed E-state index contributed by atoms with van der Waals surface area (Å²) in [5.74, 6) is 0.301. The monoisotopic (exact) mass is 320 g/mol. The van der Waals surface area contributed by atoms with Crippen LogP contribution in [0, 0.1) is 5.82 Å². The lowest BCUT2D eigenvalue weighted by molar-refractivity contribution is 0.627. The van der Waals surface area contributed by atoms with E-state index in [1.54, 1.807) is 16.6 Å². The zero-order chi connectivity index (χ0) is 13.2. The molecule has 96 valence electrons. The topological polar surface area (TPSA) is 42.2 Å². The normalized spacial score (nSPS) is 10.8. The van der Waals surface area contributed by atoms with Crippen LogP contribution < -0.4 is 5.32 Å². The van der Waals surface area contributed by atoms with E-state index in [9.17, 15) is 4.39 Å². The Kier molecular flexibility index (Phi) is 3.16. The van der Waals surface area contributed by atoms with Crippen molar-refractivity contribution in [3.63, 3.8) is 0 Å². The van der Waals surface area contributed by atoms with E-state index in [1.807, 2.05) is 18.3 Å². The van der Waals surface area contributed by atoms with E-state index in [0.29, 0.717) is 12.5 Å². The number of rotatable bonds is 3. The molecule has 0 saturated heterocycles. The highest BCUT2D eigenvalue weighted by molar-refractivity contribution is 9.10. The van der Waals surface area contributed by atoms with Crippen LogP contribution in [0.2, 0.25) is 0 Å². The Morgan fingerprint density at radius 3 is 2.74 bits per heavy atom. The Hall–Kier alpha value is -1.95. The van der Waals surface area contributed by atoms with Gasteiger partial charge in [-0.25, -0.2) is 8.91 Å². The zero-order valence-corrected chi connectivity index (χ0v) is 11.4. The number of nitrogens with zero attached hydrogens (tertiary/aromatic N) is 3. The van der Waals surface area contributed by atoms with Crippen molar-refractivity contribution in [2.45, 2.75) is 6.54 Å². The van der Waals surface area contributed by atoms with Gasteiger partial charge in [-0.3, -0.25) is 0 Å². The van der Waals surface area contributed by atoms with Crippen molar-refractivity contribution >= 4 is 27.5 Å². The molecule has 0 aliphatic rings. The van der Waals surface area contributed by atoms with Gasteiger partial charge in [-0.05, 0) is 45.8 Å². The molecule has 0 fully saturated rings. The second-order valence-electron chi connectivity index (χ2n) is 4.04. The van der Waals surface area contributed by atoms with Crippen LogP contribution in [0.25, 0.3) is 5.65 Å². The molecule has 1 aromatic carbocycles. The summed E-state index contributed by atoms with van der Waals surface area (Å²) in [5, 5.41) is 7.41. The first-order valence-corrected chi connectivity index (χ1v) is 6.51. The van der Waals surface area contributed by atoms with Gasteiger partial charge in [0.2, 0.25) is 5.95 Å². The van der Waals surface area contributed by atoms with Gasteiger partial charge in [0.15, 0.2) is 5.65 Å². The summed E-state index contributed by atoms with van der Waals surface area (Å²) in [6.07, 6.45) is 1.83. The summed E-state index contributed by atoms with van der Waals surface area (Å²) in [6, 6.07) is 10.1. The summed E-state index contributed by atoms with van der Waals surface area (Å²) >= 11 is 3.42. The predicted molar refractivity (Wildman–Crippen MR) is 74.4 cm³/mol. The van der Waals surface area contributed by atoms with Gasteiger partial charge in [-0.15, -0.1) is 5.10 Å². The molecule has 0 bridgehead atoms. The van der Waals surface area contributed by atoms with E-state index in [4.69, 9.17) is 0 Å². The van der Waals surface area contributed by atoms with E-state index in [2.05, 4.69) is 31.3 Å². The summed E-state index contributed by atoms with van der Waals surface area (Å²) in [6.45, 7) is 0.550. The van der Waals surface area contributed by atoms with Crippen LogP contribution in [0.5, 0.6) is 0 Å². The van der Waals surface area contributed by atoms with Crippen molar-refractivity contribution < 1.29 is 4.39 Å². The number of benzene rings is 1. The average Bonchev–Trinajstić information content (AvgIpc) is 2.83. The standard InChI is InChI=1S/C13H10BrFN4/c14-11-2-1-7-19-12(11)17-13(18-19)16-8-9-3-5-10(15)6-4-9/h1-7H,8H2,(H,16,18). The van der Waals surface area contributed by atoms with Gasteiger partial charge < -0.3 is 5.32 Å². The Balaban J connectivity index is 1.78.